The highest BCUT2D eigenvalue weighted by molar-refractivity contribution is 5.83. The van der Waals surface area contributed by atoms with Crippen LogP contribution in [-0.2, 0) is 0 Å². The van der Waals surface area contributed by atoms with Crippen molar-refractivity contribution in [3.63, 3.8) is 0 Å². The van der Waals surface area contributed by atoms with Crippen molar-refractivity contribution in [1.29, 1.82) is 0 Å². The van der Waals surface area contributed by atoms with E-state index in [9.17, 15) is 9.18 Å². The van der Waals surface area contributed by atoms with Gasteiger partial charge in [0.1, 0.15) is 5.82 Å². The molecule has 0 spiro atoms. The van der Waals surface area contributed by atoms with Crippen molar-refractivity contribution < 1.29 is 9.18 Å². The minimum absolute atomic E-state index is 0.0144. The van der Waals surface area contributed by atoms with E-state index in [2.05, 4.69) is 0 Å². The largest absolute Gasteiger partial charge is 0.396 e. The molecule has 2 rings (SSSR count). The Morgan fingerprint density at radius 3 is 2.69 bits per heavy atom. The first-order chi connectivity index (χ1) is 6.24. The van der Waals surface area contributed by atoms with Crippen LogP contribution in [0.15, 0.2) is 12.1 Å². The number of benzene rings is 1. The van der Waals surface area contributed by atoms with Crippen LogP contribution < -0.4 is 5.73 Å². The van der Waals surface area contributed by atoms with E-state index < -0.39 is 5.82 Å². The van der Waals surface area contributed by atoms with E-state index in [1.54, 1.807) is 12.1 Å². The summed E-state index contributed by atoms with van der Waals surface area (Å²) in [5.41, 5.74) is 6.33. The van der Waals surface area contributed by atoms with Crippen molar-refractivity contribution in [2.75, 3.05) is 5.73 Å². The lowest BCUT2D eigenvalue weighted by Crippen LogP contribution is -2.00. The summed E-state index contributed by atoms with van der Waals surface area (Å²) in [6.07, 6.45) is 2.63. The molecule has 1 aromatic carbocycles. The van der Waals surface area contributed by atoms with Gasteiger partial charge in [-0.05, 0) is 30.4 Å². The Kier molecular flexibility index (Phi) is 1.79. The summed E-state index contributed by atoms with van der Waals surface area (Å²) in [6, 6.07) is 3.24. The van der Waals surface area contributed by atoms with Gasteiger partial charge < -0.3 is 5.73 Å². The fourth-order valence-electron chi connectivity index (χ4n) is 1.44. The van der Waals surface area contributed by atoms with Crippen molar-refractivity contribution in [2.45, 2.75) is 18.8 Å². The fourth-order valence-corrected chi connectivity index (χ4v) is 1.44. The first kappa shape index (κ1) is 8.23. The van der Waals surface area contributed by atoms with E-state index >= 15 is 0 Å². The van der Waals surface area contributed by atoms with Gasteiger partial charge >= 0.3 is 0 Å². The first-order valence-electron chi connectivity index (χ1n) is 4.27. The van der Waals surface area contributed by atoms with Crippen molar-refractivity contribution in [3.8, 4) is 0 Å². The molecule has 0 aromatic heterocycles. The summed E-state index contributed by atoms with van der Waals surface area (Å²) in [6.45, 7) is 0. The number of carbonyl (C=O) groups excluding carboxylic acids is 1. The molecule has 2 N–H and O–H groups in total. The number of hydrogen-bond donors (Lipinski definition) is 1. The summed E-state index contributed by atoms with van der Waals surface area (Å²) >= 11 is 0. The minimum Gasteiger partial charge on any atom is -0.396 e. The third-order valence-electron chi connectivity index (χ3n) is 2.39. The molecular formula is C10H10FNO. The van der Waals surface area contributed by atoms with E-state index in [-0.39, 0.29) is 11.3 Å². The SMILES string of the molecule is Nc1c(C=O)ccc(C2CC2)c1F. The number of aldehydes is 1. The van der Waals surface area contributed by atoms with Crippen LogP contribution in [0.3, 0.4) is 0 Å². The quantitative estimate of drug-likeness (QED) is 0.558. The summed E-state index contributed by atoms with van der Waals surface area (Å²) in [4.78, 5) is 10.4. The van der Waals surface area contributed by atoms with Crippen LogP contribution in [0.1, 0.15) is 34.7 Å². The molecule has 1 aliphatic rings. The zero-order valence-electron chi connectivity index (χ0n) is 7.09. The molecule has 0 unspecified atom stereocenters. The topological polar surface area (TPSA) is 43.1 Å². The smallest absolute Gasteiger partial charge is 0.152 e. The molecule has 2 nitrogen and oxygen atoms in total. The lowest BCUT2D eigenvalue weighted by Gasteiger charge is -2.05. The molecular weight excluding hydrogens is 169 g/mol. The van der Waals surface area contributed by atoms with Crippen LogP contribution in [-0.4, -0.2) is 6.29 Å². The first-order valence-corrected chi connectivity index (χ1v) is 4.27. The van der Waals surface area contributed by atoms with Gasteiger partial charge in [0.2, 0.25) is 0 Å². The third kappa shape index (κ3) is 1.30. The van der Waals surface area contributed by atoms with E-state index in [0.29, 0.717) is 17.8 Å². The van der Waals surface area contributed by atoms with E-state index in [0.717, 1.165) is 12.8 Å². The average molecular weight is 179 g/mol. The van der Waals surface area contributed by atoms with E-state index in [1.165, 1.54) is 0 Å². The highest BCUT2D eigenvalue weighted by Crippen LogP contribution is 2.42. The van der Waals surface area contributed by atoms with Crippen LogP contribution >= 0.6 is 0 Å². The van der Waals surface area contributed by atoms with Crippen LogP contribution in [0.5, 0.6) is 0 Å². The molecule has 0 bridgehead atoms. The number of rotatable bonds is 2. The second kappa shape index (κ2) is 2.83. The molecule has 68 valence electrons. The minimum atomic E-state index is -0.410. The highest BCUT2D eigenvalue weighted by atomic mass is 19.1. The molecule has 0 atom stereocenters. The Morgan fingerprint density at radius 2 is 2.15 bits per heavy atom. The molecule has 0 heterocycles. The molecule has 0 aliphatic heterocycles. The lowest BCUT2D eigenvalue weighted by atomic mass is 10.1. The van der Waals surface area contributed by atoms with E-state index in [1.807, 2.05) is 0 Å². The van der Waals surface area contributed by atoms with Crippen molar-refractivity contribution in [3.05, 3.63) is 29.1 Å². The zero-order chi connectivity index (χ0) is 9.42. The van der Waals surface area contributed by atoms with Gasteiger partial charge in [-0.1, -0.05) is 6.07 Å². The molecule has 3 heteroatoms. The zero-order valence-corrected chi connectivity index (χ0v) is 7.09. The molecule has 1 aliphatic carbocycles. The van der Waals surface area contributed by atoms with Crippen molar-refractivity contribution in [2.24, 2.45) is 0 Å². The average Bonchev–Trinajstić information content (AvgIpc) is 2.93. The number of nitrogens with two attached hydrogens (primary N) is 1. The number of nitrogen functional groups attached to an aromatic ring is 1. The van der Waals surface area contributed by atoms with Gasteiger partial charge in [0.15, 0.2) is 6.29 Å². The van der Waals surface area contributed by atoms with E-state index in [4.69, 9.17) is 5.73 Å². The normalized spacial score (nSPS) is 15.8. The van der Waals surface area contributed by atoms with Crippen LogP contribution in [0.25, 0.3) is 0 Å². The number of halogens is 1. The van der Waals surface area contributed by atoms with Crippen molar-refractivity contribution >= 4 is 12.0 Å². The third-order valence-corrected chi connectivity index (χ3v) is 2.39. The van der Waals surface area contributed by atoms with Crippen LogP contribution in [0.4, 0.5) is 10.1 Å². The maximum Gasteiger partial charge on any atom is 0.152 e. The highest BCUT2D eigenvalue weighted by Gasteiger charge is 2.27. The maximum atomic E-state index is 13.5. The lowest BCUT2D eigenvalue weighted by molar-refractivity contribution is 0.112. The predicted octanol–water partition coefficient (Wildman–Crippen LogP) is 2.10. The van der Waals surface area contributed by atoms with Crippen molar-refractivity contribution in [1.82, 2.24) is 0 Å². The maximum absolute atomic E-state index is 13.5. The molecule has 1 saturated carbocycles. The monoisotopic (exact) mass is 179 g/mol. The number of anilines is 1. The Balaban J connectivity index is 2.50. The summed E-state index contributed by atoms with van der Waals surface area (Å²) < 4.78 is 13.5. The van der Waals surface area contributed by atoms with Gasteiger partial charge in [0.05, 0.1) is 5.69 Å². The Labute approximate surface area is 75.6 Å². The number of carbonyl (C=O) groups is 1. The molecule has 0 amide bonds. The van der Waals surface area contributed by atoms with Gasteiger partial charge in [0, 0.05) is 5.56 Å². The second-order valence-electron chi connectivity index (χ2n) is 3.36. The van der Waals surface area contributed by atoms with Gasteiger partial charge in [-0.3, -0.25) is 4.79 Å². The van der Waals surface area contributed by atoms with Gasteiger partial charge in [0.25, 0.3) is 0 Å². The second-order valence-corrected chi connectivity index (χ2v) is 3.36. The van der Waals surface area contributed by atoms with Gasteiger partial charge in [-0.2, -0.15) is 0 Å². The molecule has 1 fully saturated rings. The molecule has 13 heavy (non-hydrogen) atoms. The molecule has 0 radical (unpaired) electrons. The molecule has 1 aromatic rings. The summed E-state index contributed by atoms with van der Waals surface area (Å²) in [5, 5.41) is 0. The summed E-state index contributed by atoms with van der Waals surface area (Å²) in [7, 11) is 0. The molecule has 0 saturated heterocycles. The van der Waals surface area contributed by atoms with Crippen LogP contribution in [0.2, 0.25) is 0 Å². The van der Waals surface area contributed by atoms with Gasteiger partial charge in [-0.15, -0.1) is 0 Å². The van der Waals surface area contributed by atoms with Crippen LogP contribution in [0, 0.1) is 5.82 Å². The van der Waals surface area contributed by atoms with Gasteiger partial charge in [-0.25, -0.2) is 4.39 Å². The standard InChI is InChI=1S/C10H10FNO/c11-9-8(6-1-2-6)4-3-7(5-13)10(9)12/h3-6H,1-2,12H2. The Morgan fingerprint density at radius 1 is 1.46 bits per heavy atom. The predicted molar refractivity (Wildman–Crippen MR) is 48.2 cm³/mol. The number of hydrogen-bond acceptors (Lipinski definition) is 2. The Hall–Kier alpha value is -1.38. The summed E-state index contributed by atoms with van der Waals surface area (Å²) in [5.74, 6) is -0.0879. The fraction of sp³-hybridized carbons (Fsp3) is 0.300. The Bertz CT molecular complexity index is 358.